The van der Waals surface area contributed by atoms with Crippen molar-refractivity contribution in [1.82, 2.24) is 10.2 Å². The lowest BCUT2D eigenvalue weighted by Crippen LogP contribution is -2.47. The van der Waals surface area contributed by atoms with Crippen LogP contribution in [-0.2, 0) is 0 Å². The number of hydrogen-bond donors (Lipinski definition) is 2. The minimum Gasteiger partial charge on any atom is -0.369 e. The Morgan fingerprint density at radius 3 is 2.54 bits per heavy atom. The second-order valence-electron chi connectivity index (χ2n) is 7.00. The fraction of sp³-hybridized carbons (Fsp3) is 0.381. The Balaban J connectivity index is 1.34. The Morgan fingerprint density at radius 2 is 1.82 bits per heavy atom. The van der Waals surface area contributed by atoms with Crippen LogP contribution in [0.2, 0.25) is 5.02 Å². The minimum atomic E-state index is -0.163. The largest absolute Gasteiger partial charge is 0.369 e. The van der Waals surface area contributed by atoms with E-state index in [0.717, 1.165) is 54.3 Å². The Bertz CT molecular complexity index is 791. The van der Waals surface area contributed by atoms with Gasteiger partial charge in [-0.2, -0.15) is 0 Å². The molecule has 3 rings (SSSR count). The highest BCUT2D eigenvalue weighted by molar-refractivity contribution is 9.10. The molecule has 2 N–H and O–H groups in total. The van der Waals surface area contributed by atoms with Gasteiger partial charge in [-0.3, -0.25) is 4.90 Å². The quantitative estimate of drug-likeness (QED) is 0.606. The molecule has 2 aromatic rings. The Labute approximate surface area is 180 Å². The van der Waals surface area contributed by atoms with Crippen molar-refractivity contribution in [1.29, 1.82) is 0 Å². The molecule has 150 valence electrons. The number of nitrogens with one attached hydrogen (secondary N) is 2. The van der Waals surface area contributed by atoms with Gasteiger partial charge >= 0.3 is 6.03 Å². The van der Waals surface area contributed by atoms with E-state index >= 15 is 0 Å². The maximum Gasteiger partial charge on any atom is 0.319 e. The highest BCUT2D eigenvalue weighted by atomic mass is 79.9. The molecule has 0 aliphatic carbocycles. The fourth-order valence-electron chi connectivity index (χ4n) is 3.35. The van der Waals surface area contributed by atoms with E-state index < -0.39 is 0 Å². The van der Waals surface area contributed by atoms with E-state index in [0.29, 0.717) is 6.54 Å². The predicted molar refractivity (Wildman–Crippen MR) is 121 cm³/mol. The van der Waals surface area contributed by atoms with Crippen LogP contribution >= 0.6 is 27.5 Å². The number of benzene rings is 2. The van der Waals surface area contributed by atoms with Crippen molar-refractivity contribution in [3.8, 4) is 0 Å². The minimum absolute atomic E-state index is 0.163. The average molecular weight is 466 g/mol. The second kappa shape index (κ2) is 10.1. The summed E-state index contributed by atoms with van der Waals surface area (Å²) in [4.78, 5) is 16.8. The highest BCUT2D eigenvalue weighted by Gasteiger charge is 2.18. The van der Waals surface area contributed by atoms with Crippen LogP contribution in [0.25, 0.3) is 0 Å². The lowest BCUT2D eigenvalue weighted by Gasteiger charge is -2.37. The molecule has 0 bridgehead atoms. The van der Waals surface area contributed by atoms with Crippen molar-refractivity contribution < 1.29 is 4.79 Å². The molecule has 1 fully saturated rings. The van der Waals surface area contributed by atoms with Gasteiger partial charge in [0.2, 0.25) is 0 Å². The zero-order valence-corrected chi connectivity index (χ0v) is 18.4. The van der Waals surface area contributed by atoms with Gasteiger partial charge in [-0.15, -0.1) is 0 Å². The predicted octanol–water partition coefficient (Wildman–Crippen LogP) is 4.74. The monoisotopic (exact) mass is 464 g/mol. The molecule has 2 aromatic carbocycles. The number of piperazine rings is 1. The molecule has 1 saturated heterocycles. The Kier molecular flexibility index (Phi) is 7.59. The molecular weight excluding hydrogens is 440 g/mol. The van der Waals surface area contributed by atoms with Crippen LogP contribution in [-0.4, -0.2) is 50.2 Å². The first kappa shape index (κ1) is 21.0. The first-order valence-electron chi connectivity index (χ1n) is 9.55. The van der Waals surface area contributed by atoms with Gasteiger partial charge in [0.25, 0.3) is 0 Å². The maximum absolute atomic E-state index is 11.9. The van der Waals surface area contributed by atoms with E-state index in [-0.39, 0.29) is 6.03 Å². The van der Waals surface area contributed by atoms with Crippen molar-refractivity contribution in [2.24, 2.45) is 0 Å². The third-order valence-corrected chi connectivity index (χ3v) is 5.69. The smallest absolute Gasteiger partial charge is 0.319 e. The molecule has 0 spiro atoms. The van der Waals surface area contributed by atoms with Gasteiger partial charge < -0.3 is 15.5 Å². The van der Waals surface area contributed by atoms with Crippen LogP contribution in [0.1, 0.15) is 12.0 Å². The van der Waals surface area contributed by atoms with E-state index in [1.54, 1.807) is 0 Å². The van der Waals surface area contributed by atoms with E-state index in [2.05, 4.69) is 55.4 Å². The third-order valence-electron chi connectivity index (χ3n) is 4.92. The van der Waals surface area contributed by atoms with E-state index in [1.807, 2.05) is 30.3 Å². The summed E-state index contributed by atoms with van der Waals surface area (Å²) in [7, 11) is 0. The molecule has 0 aromatic heterocycles. The van der Waals surface area contributed by atoms with Crippen molar-refractivity contribution >= 4 is 44.9 Å². The van der Waals surface area contributed by atoms with E-state index in [9.17, 15) is 4.79 Å². The highest BCUT2D eigenvalue weighted by Crippen LogP contribution is 2.25. The number of carbonyl (C=O) groups excluding carboxylic acids is 1. The first-order valence-corrected chi connectivity index (χ1v) is 10.7. The maximum atomic E-state index is 11.9. The van der Waals surface area contributed by atoms with Gasteiger partial charge in [0.15, 0.2) is 0 Å². The van der Waals surface area contributed by atoms with Crippen molar-refractivity contribution in [3.05, 3.63) is 57.5 Å². The fourth-order valence-corrected chi connectivity index (χ4v) is 3.78. The molecule has 0 saturated carbocycles. The molecule has 5 nitrogen and oxygen atoms in total. The van der Waals surface area contributed by atoms with Crippen LogP contribution in [0.3, 0.4) is 0 Å². The lowest BCUT2D eigenvalue weighted by atomic mass is 10.1. The van der Waals surface area contributed by atoms with Crippen molar-refractivity contribution in [3.63, 3.8) is 0 Å². The SMILES string of the molecule is Cc1ccc(Cl)cc1N1CCN(CCCNC(=O)Nc2ccc(Br)cc2)CC1. The standard InChI is InChI=1S/C21H26BrClN4O/c1-16-3-6-18(23)15-20(16)27-13-11-26(12-14-27)10-2-9-24-21(28)25-19-7-4-17(22)5-8-19/h3-8,15H,2,9-14H2,1H3,(H2,24,25,28). The summed E-state index contributed by atoms with van der Waals surface area (Å²) in [5.74, 6) is 0. The van der Waals surface area contributed by atoms with Crippen LogP contribution in [0.15, 0.2) is 46.9 Å². The lowest BCUT2D eigenvalue weighted by molar-refractivity contribution is 0.244. The van der Waals surface area contributed by atoms with Gasteiger partial charge in [0, 0.05) is 53.6 Å². The summed E-state index contributed by atoms with van der Waals surface area (Å²) in [5.41, 5.74) is 3.28. The Morgan fingerprint density at radius 1 is 1.11 bits per heavy atom. The number of halogens is 2. The summed E-state index contributed by atoms with van der Waals surface area (Å²) in [6.45, 7) is 7.82. The molecule has 0 atom stereocenters. The summed E-state index contributed by atoms with van der Waals surface area (Å²) < 4.78 is 0.990. The van der Waals surface area contributed by atoms with Gasteiger partial charge in [-0.25, -0.2) is 4.79 Å². The molecule has 1 aliphatic rings. The zero-order chi connectivity index (χ0) is 19.9. The summed E-state index contributed by atoms with van der Waals surface area (Å²) in [5, 5.41) is 6.55. The number of anilines is 2. The molecule has 0 radical (unpaired) electrons. The molecule has 2 amide bonds. The molecule has 28 heavy (non-hydrogen) atoms. The van der Waals surface area contributed by atoms with Crippen LogP contribution < -0.4 is 15.5 Å². The topological polar surface area (TPSA) is 47.6 Å². The van der Waals surface area contributed by atoms with Gasteiger partial charge in [0.1, 0.15) is 0 Å². The number of rotatable bonds is 6. The van der Waals surface area contributed by atoms with Gasteiger partial charge in [-0.05, 0) is 61.9 Å². The molecular formula is C21H26BrClN4O. The number of amides is 2. The summed E-state index contributed by atoms with van der Waals surface area (Å²) in [6, 6.07) is 13.4. The molecule has 1 heterocycles. The molecule has 0 unspecified atom stereocenters. The van der Waals surface area contributed by atoms with Gasteiger partial charge in [0.05, 0.1) is 0 Å². The van der Waals surface area contributed by atoms with Crippen molar-refractivity contribution in [2.75, 3.05) is 49.5 Å². The number of urea groups is 1. The number of nitrogens with zero attached hydrogens (tertiary/aromatic N) is 2. The summed E-state index contributed by atoms with van der Waals surface area (Å²) in [6.07, 6.45) is 0.934. The normalized spacial score (nSPS) is 14.8. The number of aryl methyl sites for hydroxylation is 1. The van der Waals surface area contributed by atoms with E-state index in [4.69, 9.17) is 11.6 Å². The first-order chi connectivity index (χ1) is 13.5. The van der Waals surface area contributed by atoms with Crippen molar-refractivity contribution in [2.45, 2.75) is 13.3 Å². The Hall–Kier alpha value is -1.76. The second-order valence-corrected chi connectivity index (χ2v) is 8.35. The molecule has 1 aliphatic heterocycles. The molecule has 7 heteroatoms. The number of hydrogen-bond acceptors (Lipinski definition) is 3. The van der Waals surface area contributed by atoms with E-state index in [1.165, 1.54) is 11.3 Å². The zero-order valence-electron chi connectivity index (χ0n) is 16.0. The van der Waals surface area contributed by atoms with Crippen LogP contribution in [0.4, 0.5) is 16.2 Å². The average Bonchev–Trinajstić information content (AvgIpc) is 2.69. The van der Waals surface area contributed by atoms with Crippen LogP contribution in [0.5, 0.6) is 0 Å². The third kappa shape index (κ3) is 6.12. The van der Waals surface area contributed by atoms with Crippen LogP contribution in [0, 0.1) is 6.92 Å². The summed E-state index contributed by atoms with van der Waals surface area (Å²) >= 11 is 9.54. The number of carbonyl (C=O) groups is 1. The van der Waals surface area contributed by atoms with Gasteiger partial charge in [-0.1, -0.05) is 33.6 Å².